The zero-order chi connectivity index (χ0) is 13.8. The van der Waals surface area contributed by atoms with Crippen molar-refractivity contribution in [3.8, 4) is 0 Å². The monoisotopic (exact) mass is 319 g/mol. The van der Waals surface area contributed by atoms with Crippen LogP contribution in [0.15, 0.2) is 40.9 Å². The molecule has 0 aliphatic rings. The highest BCUT2D eigenvalue weighted by Gasteiger charge is 2.11. The summed E-state index contributed by atoms with van der Waals surface area (Å²) in [5.74, 6) is 0.357. The number of benzene rings is 1. The Balaban J connectivity index is 2.23. The molecule has 0 fully saturated rings. The van der Waals surface area contributed by atoms with Gasteiger partial charge < -0.3 is 10.6 Å². The number of carbonyl (C=O) groups excluding carboxylic acids is 1. The Kier molecular flexibility index (Phi) is 4.16. The van der Waals surface area contributed by atoms with Crippen LogP contribution in [-0.2, 0) is 0 Å². The van der Waals surface area contributed by atoms with E-state index < -0.39 is 0 Å². The van der Waals surface area contributed by atoms with Crippen LogP contribution in [0.25, 0.3) is 0 Å². The fourth-order valence-electron chi connectivity index (χ4n) is 1.70. The van der Waals surface area contributed by atoms with Gasteiger partial charge in [0.25, 0.3) is 5.91 Å². The molecule has 0 unspecified atom stereocenters. The molecule has 2 aromatic rings. The van der Waals surface area contributed by atoms with Gasteiger partial charge in [0.1, 0.15) is 5.82 Å². The molecule has 2 N–H and O–H groups in total. The number of hydrogen-bond donors (Lipinski definition) is 2. The van der Waals surface area contributed by atoms with Crippen LogP contribution >= 0.6 is 15.9 Å². The number of halogens is 1. The lowest BCUT2D eigenvalue weighted by Gasteiger charge is -2.09. The zero-order valence-corrected chi connectivity index (χ0v) is 12.3. The highest BCUT2D eigenvalue weighted by atomic mass is 79.9. The van der Waals surface area contributed by atoms with E-state index in [0.717, 1.165) is 15.9 Å². The number of nitrogens with one attached hydrogen (secondary N) is 2. The first-order valence-electron chi connectivity index (χ1n) is 5.83. The maximum absolute atomic E-state index is 12.2. The van der Waals surface area contributed by atoms with Crippen LogP contribution in [-0.4, -0.2) is 17.9 Å². The Morgan fingerprint density at radius 3 is 2.63 bits per heavy atom. The molecule has 1 amide bonds. The van der Waals surface area contributed by atoms with Gasteiger partial charge in [0, 0.05) is 17.2 Å². The normalized spacial score (nSPS) is 10.1. The van der Waals surface area contributed by atoms with Crippen LogP contribution in [0.4, 0.5) is 11.5 Å². The number of para-hydroxylation sites is 1. The van der Waals surface area contributed by atoms with E-state index in [-0.39, 0.29) is 5.91 Å². The van der Waals surface area contributed by atoms with Crippen LogP contribution < -0.4 is 10.6 Å². The molecule has 1 heterocycles. The number of carbonyl (C=O) groups is 1. The van der Waals surface area contributed by atoms with Gasteiger partial charge in [0.15, 0.2) is 0 Å². The van der Waals surface area contributed by atoms with Gasteiger partial charge in [-0.2, -0.15) is 0 Å². The number of hydrogen-bond acceptors (Lipinski definition) is 3. The zero-order valence-electron chi connectivity index (χ0n) is 10.7. The molecule has 0 saturated heterocycles. The molecular formula is C14H14BrN3O. The molecule has 0 radical (unpaired) electrons. The van der Waals surface area contributed by atoms with E-state index in [0.29, 0.717) is 11.4 Å². The van der Waals surface area contributed by atoms with Gasteiger partial charge in [0.05, 0.1) is 11.3 Å². The van der Waals surface area contributed by atoms with E-state index in [1.807, 2.05) is 31.2 Å². The molecule has 0 saturated carbocycles. The molecule has 1 aromatic heterocycles. The number of aryl methyl sites for hydroxylation is 1. The largest absolute Gasteiger partial charge is 0.387 e. The molecule has 5 heteroatoms. The van der Waals surface area contributed by atoms with E-state index in [1.165, 1.54) is 0 Å². The minimum absolute atomic E-state index is 0.181. The molecule has 0 spiro atoms. The topological polar surface area (TPSA) is 54.0 Å². The Bertz CT molecular complexity index is 613. The Hall–Kier alpha value is -1.88. The SMILES string of the molecule is CNc1ccccc1C(=O)Nc1ccc(Br)c(C)n1. The summed E-state index contributed by atoms with van der Waals surface area (Å²) >= 11 is 3.38. The lowest BCUT2D eigenvalue weighted by Crippen LogP contribution is -2.15. The first kappa shape index (κ1) is 13.5. The highest BCUT2D eigenvalue weighted by Crippen LogP contribution is 2.19. The van der Waals surface area contributed by atoms with Crippen LogP contribution in [0.2, 0.25) is 0 Å². The van der Waals surface area contributed by atoms with Crippen molar-refractivity contribution in [1.29, 1.82) is 0 Å². The fourth-order valence-corrected chi connectivity index (χ4v) is 1.92. The standard InChI is InChI=1S/C14H14BrN3O/c1-9-11(15)7-8-13(17-9)18-14(19)10-5-3-4-6-12(10)16-2/h3-8,16H,1-2H3,(H,17,18,19). The van der Waals surface area contributed by atoms with E-state index in [9.17, 15) is 4.79 Å². The van der Waals surface area contributed by atoms with Crippen molar-refractivity contribution in [1.82, 2.24) is 4.98 Å². The molecule has 4 nitrogen and oxygen atoms in total. The number of anilines is 2. The van der Waals surface area contributed by atoms with E-state index in [1.54, 1.807) is 19.2 Å². The van der Waals surface area contributed by atoms with Gasteiger partial charge in [-0.05, 0) is 47.1 Å². The quantitative estimate of drug-likeness (QED) is 0.911. The van der Waals surface area contributed by atoms with E-state index in [2.05, 4.69) is 31.5 Å². The smallest absolute Gasteiger partial charge is 0.258 e. The van der Waals surface area contributed by atoms with Crippen molar-refractivity contribution < 1.29 is 4.79 Å². The number of amides is 1. The maximum Gasteiger partial charge on any atom is 0.258 e. The second-order valence-electron chi connectivity index (χ2n) is 4.01. The summed E-state index contributed by atoms with van der Waals surface area (Å²) in [7, 11) is 1.79. The fraction of sp³-hybridized carbons (Fsp3) is 0.143. The summed E-state index contributed by atoms with van der Waals surface area (Å²) in [6.45, 7) is 1.88. The molecular weight excluding hydrogens is 306 g/mol. The Morgan fingerprint density at radius 1 is 1.21 bits per heavy atom. The molecule has 98 valence electrons. The summed E-state index contributed by atoms with van der Waals surface area (Å²) in [5.41, 5.74) is 2.21. The highest BCUT2D eigenvalue weighted by molar-refractivity contribution is 9.10. The minimum atomic E-state index is -0.181. The average Bonchev–Trinajstić information content (AvgIpc) is 2.43. The van der Waals surface area contributed by atoms with Crippen molar-refractivity contribution in [3.63, 3.8) is 0 Å². The number of aromatic nitrogens is 1. The summed E-state index contributed by atoms with van der Waals surface area (Å²) < 4.78 is 0.918. The summed E-state index contributed by atoms with van der Waals surface area (Å²) in [5, 5.41) is 5.78. The van der Waals surface area contributed by atoms with Crippen molar-refractivity contribution in [2.75, 3.05) is 17.7 Å². The van der Waals surface area contributed by atoms with E-state index in [4.69, 9.17) is 0 Å². The number of pyridine rings is 1. The lowest BCUT2D eigenvalue weighted by molar-refractivity contribution is 0.102. The van der Waals surface area contributed by atoms with Gasteiger partial charge in [-0.3, -0.25) is 4.79 Å². The third-order valence-electron chi connectivity index (χ3n) is 2.70. The minimum Gasteiger partial charge on any atom is -0.387 e. The predicted molar refractivity (Wildman–Crippen MR) is 80.6 cm³/mol. The average molecular weight is 320 g/mol. The summed E-state index contributed by atoms with van der Waals surface area (Å²) in [4.78, 5) is 16.5. The van der Waals surface area contributed by atoms with Gasteiger partial charge in [0.2, 0.25) is 0 Å². The first-order chi connectivity index (χ1) is 9.11. The third-order valence-corrected chi connectivity index (χ3v) is 3.54. The molecule has 0 atom stereocenters. The third kappa shape index (κ3) is 3.12. The lowest BCUT2D eigenvalue weighted by atomic mass is 10.1. The van der Waals surface area contributed by atoms with E-state index >= 15 is 0 Å². The van der Waals surface area contributed by atoms with Crippen LogP contribution in [0.3, 0.4) is 0 Å². The first-order valence-corrected chi connectivity index (χ1v) is 6.62. The predicted octanol–water partition coefficient (Wildman–Crippen LogP) is 3.45. The molecule has 2 rings (SSSR count). The van der Waals surface area contributed by atoms with Crippen LogP contribution in [0.5, 0.6) is 0 Å². The molecule has 0 bridgehead atoms. The molecule has 0 aliphatic heterocycles. The summed E-state index contributed by atoms with van der Waals surface area (Å²) in [6, 6.07) is 11.0. The summed E-state index contributed by atoms with van der Waals surface area (Å²) in [6.07, 6.45) is 0. The van der Waals surface area contributed by atoms with Gasteiger partial charge in [-0.15, -0.1) is 0 Å². The Labute approximate surface area is 120 Å². The van der Waals surface area contributed by atoms with Crippen LogP contribution in [0, 0.1) is 6.92 Å². The van der Waals surface area contributed by atoms with Gasteiger partial charge in [-0.1, -0.05) is 12.1 Å². The van der Waals surface area contributed by atoms with Crippen molar-refractivity contribution >= 4 is 33.3 Å². The molecule has 19 heavy (non-hydrogen) atoms. The van der Waals surface area contributed by atoms with Gasteiger partial charge >= 0.3 is 0 Å². The maximum atomic E-state index is 12.2. The molecule has 1 aromatic carbocycles. The van der Waals surface area contributed by atoms with Crippen molar-refractivity contribution in [3.05, 3.63) is 52.1 Å². The van der Waals surface area contributed by atoms with Crippen molar-refractivity contribution in [2.24, 2.45) is 0 Å². The Morgan fingerprint density at radius 2 is 1.95 bits per heavy atom. The number of nitrogens with zero attached hydrogens (tertiary/aromatic N) is 1. The van der Waals surface area contributed by atoms with Crippen LogP contribution in [0.1, 0.15) is 16.1 Å². The second-order valence-corrected chi connectivity index (χ2v) is 4.87. The van der Waals surface area contributed by atoms with Crippen molar-refractivity contribution in [2.45, 2.75) is 6.92 Å². The van der Waals surface area contributed by atoms with Gasteiger partial charge in [-0.25, -0.2) is 4.98 Å². The molecule has 0 aliphatic carbocycles. The second kappa shape index (κ2) is 5.84. The number of rotatable bonds is 3.